The van der Waals surface area contributed by atoms with Crippen LogP contribution in [-0.4, -0.2) is 157 Å². The van der Waals surface area contributed by atoms with Gasteiger partial charge < -0.3 is 74.7 Å². The minimum Gasteiger partial charge on any atom is -0.394 e. The summed E-state index contributed by atoms with van der Waals surface area (Å²) in [4.78, 5) is 0. The molecule has 3 aliphatic rings. The molecule has 0 saturated carbocycles. The van der Waals surface area contributed by atoms with Crippen LogP contribution in [0.1, 0.15) is 0 Å². The van der Waals surface area contributed by atoms with Crippen LogP contribution in [0.25, 0.3) is 0 Å². The van der Waals surface area contributed by atoms with Crippen LogP contribution < -0.4 is 0 Å². The SMILES string of the molecule is OCC1OC(OC2C(O)C(CO)OC(OC3C(O)COC(O)C3O)C2O)C(O)C(O)C1O. The summed E-state index contributed by atoms with van der Waals surface area (Å²) >= 11 is 0. The van der Waals surface area contributed by atoms with Gasteiger partial charge in [-0.05, 0) is 0 Å². The molecule has 15 heteroatoms. The molecule has 14 unspecified atom stereocenters. The molecular weight excluding hydrogens is 444 g/mol. The maximum atomic E-state index is 10.7. The highest BCUT2D eigenvalue weighted by atomic mass is 16.7. The van der Waals surface area contributed by atoms with Crippen molar-refractivity contribution >= 4 is 0 Å². The Morgan fingerprint density at radius 1 is 0.594 bits per heavy atom. The van der Waals surface area contributed by atoms with Crippen molar-refractivity contribution < 1.29 is 74.7 Å². The van der Waals surface area contributed by atoms with Crippen LogP contribution in [0.15, 0.2) is 0 Å². The number of hydrogen-bond donors (Lipinski definition) is 10. The van der Waals surface area contributed by atoms with E-state index in [-0.39, 0.29) is 0 Å². The molecule has 0 aromatic rings. The summed E-state index contributed by atoms with van der Waals surface area (Å²) in [5.74, 6) is 0. The first kappa shape index (κ1) is 26.0. The summed E-state index contributed by atoms with van der Waals surface area (Å²) in [5.41, 5.74) is 0. The quantitative estimate of drug-likeness (QED) is 0.172. The molecule has 0 bridgehead atoms. The predicted molar refractivity (Wildman–Crippen MR) is 95.2 cm³/mol. The summed E-state index contributed by atoms with van der Waals surface area (Å²) in [6, 6.07) is 0. The number of ether oxygens (including phenoxy) is 5. The molecule has 0 aromatic heterocycles. The smallest absolute Gasteiger partial charge is 0.187 e. The van der Waals surface area contributed by atoms with Gasteiger partial charge in [-0.2, -0.15) is 0 Å². The average molecular weight is 474 g/mol. The Labute approximate surface area is 181 Å². The fourth-order valence-corrected chi connectivity index (χ4v) is 3.77. The van der Waals surface area contributed by atoms with Crippen LogP contribution in [0.4, 0.5) is 0 Å². The molecule has 188 valence electrons. The second kappa shape index (κ2) is 10.8. The van der Waals surface area contributed by atoms with Crippen LogP contribution in [0.5, 0.6) is 0 Å². The molecule has 0 radical (unpaired) electrons. The van der Waals surface area contributed by atoms with E-state index in [0.717, 1.165) is 0 Å². The topological polar surface area (TPSA) is 248 Å². The molecule has 15 nitrogen and oxygen atoms in total. The lowest BCUT2D eigenvalue weighted by Gasteiger charge is -2.47. The maximum absolute atomic E-state index is 10.7. The van der Waals surface area contributed by atoms with Crippen molar-refractivity contribution in [2.45, 2.75) is 86.0 Å². The molecule has 0 aromatic carbocycles. The Hall–Kier alpha value is -0.600. The summed E-state index contributed by atoms with van der Waals surface area (Å²) < 4.78 is 26.1. The predicted octanol–water partition coefficient (Wildman–Crippen LogP) is -6.93. The number of aliphatic hydroxyl groups excluding tert-OH is 10. The zero-order valence-electron chi connectivity index (χ0n) is 16.7. The van der Waals surface area contributed by atoms with Gasteiger partial charge in [0.15, 0.2) is 18.9 Å². The first-order chi connectivity index (χ1) is 15.1. The summed E-state index contributed by atoms with van der Waals surface area (Å²) in [6.45, 7) is -1.91. The summed E-state index contributed by atoms with van der Waals surface area (Å²) in [6.07, 6.45) is -22.9. The fourth-order valence-electron chi connectivity index (χ4n) is 3.77. The van der Waals surface area contributed by atoms with Gasteiger partial charge in [0.25, 0.3) is 0 Å². The first-order valence-corrected chi connectivity index (χ1v) is 10.00. The lowest BCUT2D eigenvalue weighted by Crippen LogP contribution is -2.66. The van der Waals surface area contributed by atoms with Crippen LogP contribution >= 0.6 is 0 Å². The van der Waals surface area contributed by atoms with Crippen molar-refractivity contribution in [3.05, 3.63) is 0 Å². The molecule has 0 spiro atoms. The third kappa shape index (κ3) is 5.07. The summed E-state index contributed by atoms with van der Waals surface area (Å²) in [5, 5.41) is 99.5. The zero-order chi connectivity index (χ0) is 23.7. The molecule has 10 N–H and O–H groups in total. The van der Waals surface area contributed by atoms with E-state index in [9.17, 15) is 51.1 Å². The normalized spacial score (nSPS) is 52.7. The lowest BCUT2D eigenvalue weighted by molar-refractivity contribution is -0.375. The van der Waals surface area contributed by atoms with Gasteiger partial charge in [0.2, 0.25) is 0 Å². The van der Waals surface area contributed by atoms with E-state index in [1.54, 1.807) is 0 Å². The van der Waals surface area contributed by atoms with Gasteiger partial charge in [-0.15, -0.1) is 0 Å². The molecule has 3 fully saturated rings. The second-order valence-electron chi connectivity index (χ2n) is 7.89. The van der Waals surface area contributed by atoms with Crippen LogP contribution in [0, 0.1) is 0 Å². The van der Waals surface area contributed by atoms with E-state index in [4.69, 9.17) is 23.7 Å². The van der Waals surface area contributed by atoms with E-state index in [0.29, 0.717) is 0 Å². The van der Waals surface area contributed by atoms with Gasteiger partial charge in [0.05, 0.1) is 19.8 Å². The lowest BCUT2D eigenvalue weighted by atomic mass is 9.96. The maximum Gasteiger partial charge on any atom is 0.187 e. The molecule has 0 aliphatic carbocycles. The fraction of sp³-hybridized carbons (Fsp3) is 1.00. The van der Waals surface area contributed by atoms with Gasteiger partial charge in [-0.25, -0.2) is 0 Å². The molecule has 3 aliphatic heterocycles. The third-order valence-corrected chi connectivity index (χ3v) is 5.70. The molecule has 0 amide bonds. The summed E-state index contributed by atoms with van der Waals surface area (Å²) in [7, 11) is 0. The van der Waals surface area contributed by atoms with Crippen molar-refractivity contribution in [2.75, 3.05) is 19.8 Å². The van der Waals surface area contributed by atoms with Gasteiger partial charge in [0.1, 0.15) is 67.1 Å². The largest absolute Gasteiger partial charge is 0.394 e. The third-order valence-electron chi connectivity index (χ3n) is 5.70. The van der Waals surface area contributed by atoms with Crippen molar-refractivity contribution in [1.29, 1.82) is 0 Å². The van der Waals surface area contributed by atoms with Crippen molar-refractivity contribution in [3.8, 4) is 0 Å². The highest BCUT2D eigenvalue weighted by Gasteiger charge is 2.52. The van der Waals surface area contributed by atoms with E-state index < -0.39 is 106 Å². The van der Waals surface area contributed by atoms with E-state index in [2.05, 4.69) is 0 Å². The number of aliphatic hydroxyl groups is 10. The molecule has 3 rings (SSSR count). The van der Waals surface area contributed by atoms with Gasteiger partial charge in [-0.1, -0.05) is 0 Å². The van der Waals surface area contributed by atoms with Crippen LogP contribution in [0.2, 0.25) is 0 Å². The van der Waals surface area contributed by atoms with E-state index in [1.165, 1.54) is 0 Å². The monoisotopic (exact) mass is 474 g/mol. The van der Waals surface area contributed by atoms with Crippen LogP contribution in [0.3, 0.4) is 0 Å². The molecule has 14 atom stereocenters. The first-order valence-electron chi connectivity index (χ1n) is 10.00. The Balaban J connectivity index is 1.76. The van der Waals surface area contributed by atoms with Crippen molar-refractivity contribution in [1.82, 2.24) is 0 Å². The Morgan fingerprint density at radius 2 is 1.12 bits per heavy atom. The zero-order valence-corrected chi connectivity index (χ0v) is 16.7. The Morgan fingerprint density at radius 3 is 1.72 bits per heavy atom. The highest BCUT2D eigenvalue weighted by Crippen LogP contribution is 2.31. The van der Waals surface area contributed by atoms with E-state index >= 15 is 0 Å². The second-order valence-corrected chi connectivity index (χ2v) is 7.89. The van der Waals surface area contributed by atoms with Crippen LogP contribution in [-0.2, 0) is 23.7 Å². The highest BCUT2D eigenvalue weighted by molar-refractivity contribution is 4.95. The van der Waals surface area contributed by atoms with Crippen molar-refractivity contribution in [3.63, 3.8) is 0 Å². The Kier molecular flexibility index (Phi) is 8.75. The molecule has 32 heavy (non-hydrogen) atoms. The number of hydrogen-bond acceptors (Lipinski definition) is 15. The molecule has 3 saturated heterocycles. The van der Waals surface area contributed by atoms with Gasteiger partial charge >= 0.3 is 0 Å². The standard InChI is InChI=1S/C17H30O15/c18-1-5-7(21)9(23)10(24)16(29-5)32-14-8(22)6(2-19)30-17(12(14)26)31-13-4(20)3-28-15(27)11(13)25/h4-27H,1-3H2. The molecule has 3 heterocycles. The average Bonchev–Trinajstić information content (AvgIpc) is 2.78. The number of rotatable bonds is 6. The molecular formula is C17H30O15. The Bertz CT molecular complexity index is 594. The van der Waals surface area contributed by atoms with E-state index in [1.807, 2.05) is 0 Å². The van der Waals surface area contributed by atoms with Gasteiger partial charge in [0, 0.05) is 0 Å². The van der Waals surface area contributed by atoms with Crippen molar-refractivity contribution in [2.24, 2.45) is 0 Å². The minimum absolute atomic E-state index is 0.400. The minimum atomic E-state index is -1.85. The van der Waals surface area contributed by atoms with Gasteiger partial charge in [-0.3, -0.25) is 0 Å².